The van der Waals surface area contributed by atoms with Gasteiger partial charge in [0.05, 0.1) is 6.54 Å². The van der Waals surface area contributed by atoms with Gasteiger partial charge in [0.25, 0.3) is 0 Å². The fourth-order valence-electron chi connectivity index (χ4n) is 1.95. The van der Waals surface area contributed by atoms with E-state index < -0.39 is 11.9 Å². The van der Waals surface area contributed by atoms with Crippen LogP contribution in [0.25, 0.3) is 0 Å². The standard InChI is InChI=1S/C11H16F3N5S.HI/c1-18-7-8(9(17-18)11(12,13)14)6-16-10(15)19-2-4-20-5-3-19;/h7H,2-6H2,1H3,(H2,15,16);1H. The lowest BCUT2D eigenvalue weighted by Gasteiger charge is -2.27. The summed E-state index contributed by atoms with van der Waals surface area (Å²) in [6.07, 6.45) is -3.14. The average molecular weight is 435 g/mol. The summed E-state index contributed by atoms with van der Waals surface area (Å²) in [6.45, 7) is 1.44. The highest BCUT2D eigenvalue weighted by Gasteiger charge is 2.36. The molecule has 0 radical (unpaired) electrons. The van der Waals surface area contributed by atoms with Gasteiger partial charge >= 0.3 is 6.18 Å². The van der Waals surface area contributed by atoms with Crippen LogP contribution in [-0.4, -0.2) is 45.2 Å². The third-order valence-electron chi connectivity index (χ3n) is 2.92. The van der Waals surface area contributed by atoms with E-state index >= 15 is 0 Å². The second kappa shape index (κ2) is 7.56. The van der Waals surface area contributed by atoms with Crippen LogP contribution in [0, 0.1) is 0 Å². The average Bonchev–Trinajstić information content (AvgIpc) is 2.78. The van der Waals surface area contributed by atoms with Crippen molar-refractivity contribution in [3.63, 3.8) is 0 Å². The van der Waals surface area contributed by atoms with Crippen LogP contribution in [0.2, 0.25) is 0 Å². The van der Waals surface area contributed by atoms with Crippen molar-refractivity contribution in [2.24, 2.45) is 17.8 Å². The van der Waals surface area contributed by atoms with Gasteiger partial charge in [-0.2, -0.15) is 30.0 Å². The van der Waals surface area contributed by atoms with E-state index in [0.29, 0.717) is 5.96 Å². The number of halogens is 4. The topological polar surface area (TPSA) is 59.4 Å². The zero-order chi connectivity index (χ0) is 14.8. The zero-order valence-electron chi connectivity index (χ0n) is 11.4. The van der Waals surface area contributed by atoms with Gasteiger partial charge in [-0.05, 0) is 0 Å². The summed E-state index contributed by atoms with van der Waals surface area (Å²) >= 11 is 1.83. The van der Waals surface area contributed by atoms with E-state index in [0.717, 1.165) is 29.3 Å². The number of nitrogens with zero attached hydrogens (tertiary/aromatic N) is 4. The van der Waals surface area contributed by atoms with Crippen LogP contribution in [0.3, 0.4) is 0 Å². The Morgan fingerprint density at radius 2 is 2.05 bits per heavy atom. The van der Waals surface area contributed by atoms with E-state index in [1.807, 2.05) is 16.7 Å². The number of aryl methyl sites for hydroxylation is 1. The molecule has 2 heterocycles. The molecule has 10 heteroatoms. The van der Waals surface area contributed by atoms with E-state index in [1.165, 1.54) is 13.2 Å². The predicted molar refractivity (Wildman–Crippen MR) is 87.8 cm³/mol. The van der Waals surface area contributed by atoms with Gasteiger partial charge in [0, 0.05) is 43.4 Å². The number of hydrogen-bond acceptors (Lipinski definition) is 3. The van der Waals surface area contributed by atoms with Crippen molar-refractivity contribution in [3.8, 4) is 0 Å². The molecular formula is C11H17F3IN5S. The highest BCUT2D eigenvalue weighted by Crippen LogP contribution is 2.30. The molecule has 5 nitrogen and oxygen atoms in total. The first-order chi connectivity index (χ1) is 9.38. The number of aliphatic imine (C=N–C) groups is 1. The van der Waals surface area contributed by atoms with Crippen molar-refractivity contribution in [1.82, 2.24) is 14.7 Å². The monoisotopic (exact) mass is 435 g/mol. The van der Waals surface area contributed by atoms with E-state index in [2.05, 4.69) is 10.1 Å². The first-order valence-corrected chi connectivity index (χ1v) is 7.25. The lowest BCUT2D eigenvalue weighted by Crippen LogP contribution is -2.42. The highest BCUT2D eigenvalue weighted by molar-refractivity contribution is 14.0. The van der Waals surface area contributed by atoms with Crippen LogP contribution in [0.15, 0.2) is 11.2 Å². The molecule has 1 fully saturated rings. The molecule has 1 aliphatic heterocycles. The second-order valence-electron chi connectivity index (χ2n) is 4.45. The third-order valence-corrected chi connectivity index (χ3v) is 3.86. The molecule has 0 spiro atoms. The molecule has 0 aromatic carbocycles. The number of guanidine groups is 1. The summed E-state index contributed by atoms with van der Waals surface area (Å²) in [4.78, 5) is 5.95. The van der Waals surface area contributed by atoms with Crippen LogP contribution < -0.4 is 5.73 Å². The summed E-state index contributed by atoms with van der Waals surface area (Å²) in [5.74, 6) is 2.20. The number of alkyl halides is 3. The van der Waals surface area contributed by atoms with Gasteiger partial charge in [0.1, 0.15) is 0 Å². The van der Waals surface area contributed by atoms with E-state index in [1.54, 1.807) is 0 Å². The predicted octanol–water partition coefficient (Wildman–Crippen LogP) is 1.92. The minimum Gasteiger partial charge on any atom is -0.370 e. The normalized spacial score (nSPS) is 16.8. The fraction of sp³-hybridized carbons (Fsp3) is 0.636. The quantitative estimate of drug-likeness (QED) is 0.438. The number of nitrogens with two attached hydrogens (primary N) is 1. The van der Waals surface area contributed by atoms with Crippen molar-refractivity contribution >= 4 is 41.7 Å². The van der Waals surface area contributed by atoms with E-state index in [-0.39, 0.29) is 36.1 Å². The molecule has 0 bridgehead atoms. The molecule has 1 aliphatic rings. The molecule has 2 N–H and O–H groups in total. The van der Waals surface area contributed by atoms with Gasteiger partial charge in [-0.15, -0.1) is 24.0 Å². The Hall–Kier alpha value is -0.650. The van der Waals surface area contributed by atoms with Crippen molar-refractivity contribution in [2.75, 3.05) is 24.6 Å². The van der Waals surface area contributed by atoms with Crippen LogP contribution in [0.4, 0.5) is 13.2 Å². The lowest BCUT2D eigenvalue weighted by molar-refractivity contribution is -0.142. The molecule has 21 heavy (non-hydrogen) atoms. The largest absolute Gasteiger partial charge is 0.435 e. The summed E-state index contributed by atoms with van der Waals surface area (Å²) < 4.78 is 39.5. The Kier molecular flexibility index (Phi) is 6.63. The summed E-state index contributed by atoms with van der Waals surface area (Å²) in [5, 5.41) is 3.44. The molecule has 0 unspecified atom stereocenters. The molecule has 0 aliphatic carbocycles. The van der Waals surface area contributed by atoms with Gasteiger partial charge < -0.3 is 10.6 Å². The SMILES string of the molecule is Cn1cc(CN=C(N)N2CCSCC2)c(C(F)(F)F)n1.I. The van der Waals surface area contributed by atoms with Crippen LogP contribution >= 0.6 is 35.7 Å². The van der Waals surface area contributed by atoms with Gasteiger partial charge in [0.15, 0.2) is 11.7 Å². The van der Waals surface area contributed by atoms with Crippen molar-refractivity contribution in [3.05, 3.63) is 17.5 Å². The van der Waals surface area contributed by atoms with Crippen LogP contribution in [-0.2, 0) is 19.8 Å². The molecule has 1 aromatic heterocycles. The smallest absolute Gasteiger partial charge is 0.370 e. The number of aromatic nitrogens is 2. The first-order valence-electron chi connectivity index (χ1n) is 6.10. The fourth-order valence-corrected chi connectivity index (χ4v) is 2.85. The van der Waals surface area contributed by atoms with E-state index in [4.69, 9.17) is 5.73 Å². The van der Waals surface area contributed by atoms with Crippen molar-refractivity contribution < 1.29 is 13.2 Å². The Labute approximate surface area is 142 Å². The minimum absolute atomic E-state index is 0. The Bertz CT molecular complexity index is 497. The van der Waals surface area contributed by atoms with Crippen LogP contribution in [0.1, 0.15) is 11.3 Å². The molecule has 120 valence electrons. The van der Waals surface area contributed by atoms with Gasteiger partial charge in [-0.1, -0.05) is 0 Å². The first kappa shape index (κ1) is 18.4. The lowest BCUT2D eigenvalue weighted by atomic mass is 10.2. The summed E-state index contributed by atoms with van der Waals surface area (Å²) in [5.41, 5.74) is 4.96. The number of rotatable bonds is 2. The Morgan fingerprint density at radius 1 is 1.43 bits per heavy atom. The van der Waals surface area contributed by atoms with Crippen molar-refractivity contribution in [1.29, 1.82) is 0 Å². The molecule has 2 rings (SSSR count). The second-order valence-corrected chi connectivity index (χ2v) is 5.67. The Balaban J connectivity index is 0.00000220. The summed E-state index contributed by atoms with van der Waals surface area (Å²) in [7, 11) is 1.45. The molecule has 0 amide bonds. The molecular weight excluding hydrogens is 418 g/mol. The maximum atomic E-state index is 12.8. The zero-order valence-corrected chi connectivity index (χ0v) is 14.6. The highest BCUT2D eigenvalue weighted by atomic mass is 127. The number of hydrogen-bond donors (Lipinski definition) is 1. The maximum absolute atomic E-state index is 12.8. The molecule has 0 atom stereocenters. The maximum Gasteiger partial charge on any atom is 0.435 e. The van der Waals surface area contributed by atoms with Gasteiger partial charge in [-0.3, -0.25) is 4.68 Å². The van der Waals surface area contributed by atoms with Gasteiger partial charge in [0.2, 0.25) is 0 Å². The molecule has 1 saturated heterocycles. The molecule has 1 aromatic rings. The summed E-state index contributed by atoms with van der Waals surface area (Å²) in [6, 6.07) is 0. The van der Waals surface area contributed by atoms with Crippen LogP contribution in [0.5, 0.6) is 0 Å². The van der Waals surface area contributed by atoms with E-state index in [9.17, 15) is 13.2 Å². The Morgan fingerprint density at radius 3 is 2.62 bits per heavy atom. The number of thioether (sulfide) groups is 1. The minimum atomic E-state index is -4.47. The third kappa shape index (κ3) is 4.94. The van der Waals surface area contributed by atoms with Crippen molar-refractivity contribution in [2.45, 2.75) is 12.7 Å². The molecule has 0 saturated carbocycles. The van der Waals surface area contributed by atoms with Gasteiger partial charge in [-0.25, -0.2) is 4.99 Å².